The molecule has 3 aromatic carbocycles. The number of rotatable bonds is 8. The first-order valence-electron chi connectivity index (χ1n) is 12.5. The van der Waals surface area contributed by atoms with E-state index in [0.29, 0.717) is 10.7 Å². The number of carbonyl (C=O) groups is 4. The van der Waals surface area contributed by atoms with Gasteiger partial charge in [-0.15, -0.1) is 0 Å². The van der Waals surface area contributed by atoms with E-state index in [-0.39, 0.29) is 29.9 Å². The Kier molecular flexibility index (Phi) is 8.83. The van der Waals surface area contributed by atoms with Crippen LogP contribution in [0.3, 0.4) is 0 Å². The predicted octanol–water partition coefficient (Wildman–Crippen LogP) is 4.20. The van der Waals surface area contributed by atoms with Crippen molar-refractivity contribution in [3.63, 3.8) is 0 Å². The van der Waals surface area contributed by atoms with E-state index < -0.39 is 47.4 Å². The van der Waals surface area contributed by atoms with Crippen molar-refractivity contribution in [3.8, 4) is 0 Å². The summed E-state index contributed by atoms with van der Waals surface area (Å²) in [5, 5.41) is 26.5. The number of hydrogen-bond donors (Lipinski definition) is 3. The van der Waals surface area contributed by atoms with Crippen LogP contribution in [0.4, 0.5) is 16.2 Å². The SMILES string of the molecule is Cc1cccc(NC(=O)N2CCN(C(=O)c3ccc(Cl)cc3)C2C(=O)NC(CC(=O)O)c2cccc([N+](=O)[O-])c2)c1. The van der Waals surface area contributed by atoms with E-state index in [9.17, 15) is 34.4 Å². The summed E-state index contributed by atoms with van der Waals surface area (Å²) in [4.78, 5) is 65.3. The van der Waals surface area contributed by atoms with E-state index in [2.05, 4.69) is 10.6 Å². The molecule has 0 radical (unpaired) electrons. The first kappa shape index (κ1) is 29.0. The van der Waals surface area contributed by atoms with Gasteiger partial charge in [-0.1, -0.05) is 35.9 Å². The molecule has 2 unspecified atom stereocenters. The van der Waals surface area contributed by atoms with Crippen LogP contribution >= 0.6 is 11.6 Å². The maximum atomic E-state index is 13.8. The third kappa shape index (κ3) is 6.97. The lowest BCUT2D eigenvalue weighted by Crippen LogP contribution is -2.55. The Morgan fingerprint density at radius 1 is 1.02 bits per heavy atom. The molecule has 4 rings (SSSR count). The number of nitro groups is 1. The minimum Gasteiger partial charge on any atom is -0.481 e. The number of aryl methyl sites for hydroxylation is 1. The molecule has 0 aromatic heterocycles. The summed E-state index contributed by atoms with van der Waals surface area (Å²) in [5.74, 6) is -2.64. The Labute approximate surface area is 239 Å². The molecule has 2 atom stereocenters. The largest absolute Gasteiger partial charge is 0.481 e. The van der Waals surface area contributed by atoms with Gasteiger partial charge in [-0.05, 0) is 54.4 Å². The Balaban J connectivity index is 1.66. The van der Waals surface area contributed by atoms with Crippen LogP contribution in [0.25, 0.3) is 0 Å². The van der Waals surface area contributed by atoms with Crippen LogP contribution in [0.15, 0.2) is 72.8 Å². The number of non-ortho nitro benzene ring substituents is 1. The van der Waals surface area contributed by atoms with Crippen LogP contribution < -0.4 is 10.6 Å². The van der Waals surface area contributed by atoms with Crippen molar-refractivity contribution < 1.29 is 29.2 Å². The molecule has 3 aromatic rings. The summed E-state index contributed by atoms with van der Waals surface area (Å²) in [7, 11) is 0. The van der Waals surface area contributed by atoms with E-state index in [1.807, 2.05) is 13.0 Å². The van der Waals surface area contributed by atoms with Gasteiger partial charge < -0.3 is 20.6 Å². The van der Waals surface area contributed by atoms with Gasteiger partial charge in [0.2, 0.25) is 0 Å². The molecular weight excluding hydrogens is 554 g/mol. The molecule has 0 saturated carbocycles. The van der Waals surface area contributed by atoms with Crippen LogP contribution in [0.2, 0.25) is 5.02 Å². The number of urea groups is 1. The summed E-state index contributed by atoms with van der Waals surface area (Å²) in [6.45, 7) is 1.88. The average molecular weight is 580 g/mol. The van der Waals surface area contributed by atoms with Crippen molar-refractivity contribution in [2.24, 2.45) is 0 Å². The number of carboxylic acids is 1. The second-order valence-electron chi connectivity index (χ2n) is 9.38. The number of nitro benzene ring substituents is 1. The van der Waals surface area contributed by atoms with Crippen molar-refractivity contribution in [2.75, 3.05) is 18.4 Å². The van der Waals surface area contributed by atoms with Crippen molar-refractivity contribution >= 4 is 46.8 Å². The highest BCUT2D eigenvalue weighted by Crippen LogP contribution is 2.25. The summed E-state index contributed by atoms with van der Waals surface area (Å²) in [5.41, 5.74) is 1.50. The van der Waals surface area contributed by atoms with Crippen molar-refractivity contribution in [1.82, 2.24) is 15.1 Å². The van der Waals surface area contributed by atoms with E-state index in [4.69, 9.17) is 11.6 Å². The molecular formula is C28H26ClN5O7. The van der Waals surface area contributed by atoms with E-state index >= 15 is 0 Å². The van der Waals surface area contributed by atoms with Crippen LogP contribution in [0.1, 0.15) is 33.9 Å². The number of amides is 4. The molecule has 1 saturated heterocycles. The number of anilines is 1. The van der Waals surface area contributed by atoms with Gasteiger partial charge in [-0.3, -0.25) is 29.4 Å². The van der Waals surface area contributed by atoms with Gasteiger partial charge in [0.25, 0.3) is 17.5 Å². The minimum atomic E-state index is -1.45. The summed E-state index contributed by atoms with van der Waals surface area (Å²) < 4.78 is 0. The first-order chi connectivity index (χ1) is 19.5. The predicted molar refractivity (Wildman–Crippen MR) is 149 cm³/mol. The van der Waals surface area contributed by atoms with Crippen LogP contribution in [0.5, 0.6) is 0 Å². The Morgan fingerprint density at radius 2 is 1.71 bits per heavy atom. The minimum absolute atomic E-state index is 0.00940. The van der Waals surface area contributed by atoms with E-state index in [0.717, 1.165) is 5.56 Å². The zero-order valence-electron chi connectivity index (χ0n) is 21.8. The zero-order valence-corrected chi connectivity index (χ0v) is 22.6. The van der Waals surface area contributed by atoms with Crippen molar-refractivity contribution in [2.45, 2.75) is 25.6 Å². The second-order valence-corrected chi connectivity index (χ2v) is 9.82. The number of aliphatic carboxylic acids is 1. The molecule has 1 aliphatic rings. The average Bonchev–Trinajstić information content (AvgIpc) is 3.38. The lowest BCUT2D eigenvalue weighted by Gasteiger charge is -2.31. The maximum Gasteiger partial charge on any atom is 0.323 e. The fourth-order valence-electron chi connectivity index (χ4n) is 4.54. The molecule has 13 heteroatoms. The molecule has 212 valence electrons. The lowest BCUT2D eigenvalue weighted by molar-refractivity contribution is -0.384. The summed E-state index contributed by atoms with van der Waals surface area (Å²) in [6.07, 6.45) is -2.04. The monoisotopic (exact) mass is 579 g/mol. The number of benzene rings is 3. The highest BCUT2D eigenvalue weighted by Gasteiger charge is 2.44. The quantitative estimate of drug-likeness (QED) is 0.266. The van der Waals surface area contributed by atoms with Gasteiger partial charge in [0.1, 0.15) is 0 Å². The fourth-order valence-corrected chi connectivity index (χ4v) is 4.67. The smallest absolute Gasteiger partial charge is 0.323 e. The van der Waals surface area contributed by atoms with Gasteiger partial charge in [-0.25, -0.2) is 4.79 Å². The molecule has 1 heterocycles. The molecule has 12 nitrogen and oxygen atoms in total. The number of nitrogens with zero attached hydrogens (tertiary/aromatic N) is 3. The number of nitrogens with one attached hydrogen (secondary N) is 2. The van der Waals surface area contributed by atoms with E-state index in [1.54, 1.807) is 18.2 Å². The highest BCUT2D eigenvalue weighted by atomic mass is 35.5. The Bertz CT molecular complexity index is 1500. The zero-order chi connectivity index (χ0) is 29.7. The number of hydrogen-bond acceptors (Lipinski definition) is 6. The molecule has 3 N–H and O–H groups in total. The molecule has 0 aliphatic carbocycles. The maximum absolute atomic E-state index is 13.8. The number of carboxylic acid groups (broad SMARTS) is 1. The molecule has 0 spiro atoms. The summed E-state index contributed by atoms with van der Waals surface area (Å²) in [6, 6.07) is 16.5. The van der Waals surface area contributed by atoms with Crippen LogP contribution in [-0.2, 0) is 9.59 Å². The van der Waals surface area contributed by atoms with Crippen LogP contribution in [0, 0.1) is 17.0 Å². The Morgan fingerprint density at radius 3 is 2.37 bits per heavy atom. The van der Waals surface area contributed by atoms with Gasteiger partial charge in [0.05, 0.1) is 17.4 Å². The topological polar surface area (TPSA) is 162 Å². The number of halogens is 1. The third-order valence-electron chi connectivity index (χ3n) is 6.47. The third-order valence-corrected chi connectivity index (χ3v) is 6.72. The normalized spacial score (nSPS) is 15.2. The first-order valence-corrected chi connectivity index (χ1v) is 12.9. The van der Waals surface area contributed by atoms with Gasteiger partial charge in [-0.2, -0.15) is 0 Å². The molecule has 0 bridgehead atoms. The van der Waals surface area contributed by atoms with Crippen LogP contribution in [-0.4, -0.2) is 62.9 Å². The lowest BCUT2D eigenvalue weighted by atomic mass is 10.0. The van der Waals surface area contributed by atoms with Gasteiger partial charge in [0.15, 0.2) is 6.17 Å². The van der Waals surface area contributed by atoms with Gasteiger partial charge in [0, 0.05) is 41.5 Å². The second kappa shape index (κ2) is 12.5. The molecule has 4 amide bonds. The highest BCUT2D eigenvalue weighted by molar-refractivity contribution is 6.30. The molecule has 41 heavy (non-hydrogen) atoms. The van der Waals surface area contributed by atoms with Crippen molar-refractivity contribution in [1.29, 1.82) is 0 Å². The number of carbonyl (C=O) groups excluding carboxylic acids is 3. The van der Waals surface area contributed by atoms with E-state index in [1.165, 1.54) is 58.3 Å². The molecule has 1 fully saturated rings. The fraction of sp³-hybridized carbons (Fsp3) is 0.214. The standard InChI is InChI=1S/C28H26ClN5O7/c1-17-4-2-6-21(14-17)30-28(39)33-13-12-32(27(38)18-8-10-20(29)11-9-18)26(33)25(37)31-23(16-24(35)36)19-5-3-7-22(15-19)34(40)41/h2-11,14-15,23,26H,12-13,16H2,1H3,(H,30,39)(H,31,37)(H,35,36). The van der Waals surface area contributed by atoms with Gasteiger partial charge >= 0.3 is 12.0 Å². The summed E-state index contributed by atoms with van der Waals surface area (Å²) >= 11 is 5.96. The molecule has 1 aliphatic heterocycles. The van der Waals surface area contributed by atoms with Crippen molar-refractivity contribution in [3.05, 3.63) is 105 Å². The Hall–Kier alpha value is -4.97.